The van der Waals surface area contributed by atoms with Crippen LogP contribution in [0.25, 0.3) is 0 Å². The van der Waals surface area contributed by atoms with E-state index < -0.39 is 0 Å². The van der Waals surface area contributed by atoms with Crippen LogP contribution >= 0.6 is 0 Å². The van der Waals surface area contributed by atoms with Crippen molar-refractivity contribution < 1.29 is 0 Å². The van der Waals surface area contributed by atoms with E-state index in [1.165, 1.54) is 51.4 Å². The zero-order valence-electron chi connectivity index (χ0n) is 23.3. The highest BCUT2D eigenvalue weighted by Crippen LogP contribution is 2.77. The summed E-state index contributed by atoms with van der Waals surface area (Å²) in [5, 5.41) is 0. The number of hydrogen-bond donors (Lipinski definition) is 0. The second-order valence-electron chi connectivity index (χ2n) is 15.7. The molecule has 0 amide bonds. The first-order valence-electron chi connectivity index (χ1n) is 13.6. The average molecular weight is 427 g/mol. The largest absolute Gasteiger partial charge is 0.0671 e. The van der Waals surface area contributed by atoms with Gasteiger partial charge in [-0.25, -0.2) is 0 Å². The molecule has 4 aliphatic carbocycles. The Balaban J connectivity index is 1.59. The molecule has 178 valence electrons. The molecule has 0 aromatic heterocycles. The Morgan fingerprint density at radius 1 is 0.677 bits per heavy atom. The molecule has 0 heteroatoms. The fourth-order valence-electron chi connectivity index (χ4n) is 10.4. The molecule has 31 heavy (non-hydrogen) atoms. The van der Waals surface area contributed by atoms with Crippen molar-refractivity contribution in [2.75, 3.05) is 0 Å². The summed E-state index contributed by atoms with van der Waals surface area (Å²) in [4.78, 5) is 0. The quantitative estimate of drug-likeness (QED) is 0.392. The lowest BCUT2D eigenvalue weighted by Gasteiger charge is -2.48. The van der Waals surface area contributed by atoms with Crippen molar-refractivity contribution in [1.82, 2.24) is 0 Å². The molecule has 3 fully saturated rings. The predicted octanol–water partition coefficient (Wildman–Crippen LogP) is 9.83. The lowest BCUT2D eigenvalue weighted by molar-refractivity contribution is 0.0167. The molecule has 0 nitrogen and oxygen atoms in total. The number of allylic oxidation sites excluding steroid dienone is 2. The van der Waals surface area contributed by atoms with E-state index in [1.54, 1.807) is 11.1 Å². The maximum absolute atomic E-state index is 2.65. The topological polar surface area (TPSA) is 0 Å². The predicted molar refractivity (Wildman–Crippen MR) is 136 cm³/mol. The van der Waals surface area contributed by atoms with Crippen LogP contribution in [0.5, 0.6) is 0 Å². The van der Waals surface area contributed by atoms with Crippen molar-refractivity contribution in [2.24, 2.45) is 49.7 Å². The highest BCUT2D eigenvalue weighted by molar-refractivity contribution is 5.40. The highest BCUT2D eigenvalue weighted by Gasteiger charge is 2.67. The van der Waals surface area contributed by atoms with Gasteiger partial charge in [0.05, 0.1) is 0 Å². The normalized spacial score (nSPS) is 45.3. The molecule has 0 heterocycles. The number of fused-ring (bicyclic) bond motifs is 4. The molecular weight excluding hydrogens is 372 g/mol. The third-order valence-corrected chi connectivity index (χ3v) is 13.4. The van der Waals surface area contributed by atoms with Gasteiger partial charge in [-0.1, -0.05) is 80.4 Å². The molecule has 0 radical (unpaired) electrons. The second kappa shape index (κ2) is 6.44. The number of rotatable bonds is 4. The van der Waals surface area contributed by atoms with Crippen molar-refractivity contribution in [2.45, 2.75) is 134 Å². The Kier molecular flexibility index (Phi) is 4.96. The molecule has 0 spiro atoms. The summed E-state index contributed by atoms with van der Waals surface area (Å²) in [5.41, 5.74) is 6.80. The van der Waals surface area contributed by atoms with E-state index in [0.29, 0.717) is 37.9 Å². The SMILES string of the molecule is CC1=C(C)C2(C(C)(C)CCC34CCC(C(C)(C)C)(C3)C(C)C4C)CCC1(C(C)(C)C)C2. The molecule has 0 aromatic carbocycles. The first-order valence-corrected chi connectivity index (χ1v) is 13.6. The van der Waals surface area contributed by atoms with Crippen molar-refractivity contribution in [3.05, 3.63) is 11.1 Å². The molecular formula is C31H54. The third-order valence-electron chi connectivity index (χ3n) is 13.4. The van der Waals surface area contributed by atoms with E-state index in [1.807, 2.05) is 0 Å². The minimum Gasteiger partial charge on any atom is -0.0671 e. The summed E-state index contributed by atoms with van der Waals surface area (Å²) in [6.45, 7) is 30.6. The molecule has 3 saturated carbocycles. The van der Waals surface area contributed by atoms with Crippen molar-refractivity contribution >= 4 is 0 Å². The molecule has 0 aliphatic heterocycles. The minimum absolute atomic E-state index is 0.374. The van der Waals surface area contributed by atoms with Crippen LogP contribution in [0.2, 0.25) is 0 Å². The summed E-state index contributed by atoms with van der Waals surface area (Å²) in [5.74, 6) is 1.76. The van der Waals surface area contributed by atoms with Crippen molar-refractivity contribution in [3.8, 4) is 0 Å². The highest BCUT2D eigenvalue weighted by atomic mass is 14.7. The van der Waals surface area contributed by atoms with Crippen LogP contribution in [0.3, 0.4) is 0 Å². The van der Waals surface area contributed by atoms with Gasteiger partial charge in [-0.15, -0.1) is 0 Å². The molecule has 0 saturated heterocycles. The Morgan fingerprint density at radius 2 is 1.23 bits per heavy atom. The van der Waals surface area contributed by atoms with E-state index in [9.17, 15) is 0 Å². The van der Waals surface area contributed by atoms with Gasteiger partial charge in [0, 0.05) is 0 Å². The van der Waals surface area contributed by atoms with Crippen LogP contribution < -0.4 is 0 Å². The van der Waals surface area contributed by atoms with Gasteiger partial charge in [0.2, 0.25) is 0 Å². The van der Waals surface area contributed by atoms with Crippen LogP contribution in [0.4, 0.5) is 0 Å². The van der Waals surface area contributed by atoms with Gasteiger partial charge in [0.25, 0.3) is 0 Å². The minimum atomic E-state index is 0.374. The first-order chi connectivity index (χ1) is 13.9. The Labute approximate surface area is 195 Å². The van der Waals surface area contributed by atoms with Gasteiger partial charge in [-0.2, -0.15) is 0 Å². The maximum Gasteiger partial charge on any atom is -0.00281 e. The fourth-order valence-corrected chi connectivity index (χ4v) is 10.4. The zero-order chi connectivity index (χ0) is 23.5. The van der Waals surface area contributed by atoms with Gasteiger partial charge >= 0.3 is 0 Å². The van der Waals surface area contributed by atoms with E-state index in [4.69, 9.17) is 0 Å². The van der Waals surface area contributed by atoms with Crippen LogP contribution in [-0.2, 0) is 0 Å². The van der Waals surface area contributed by atoms with Gasteiger partial charge in [-0.05, 0) is 115 Å². The zero-order valence-corrected chi connectivity index (χ0v) is 23.3. The summed E-state index contributed by atoms with van der Waals surface area (Å²) < 4.78 is 0. The Morgan fingerprint density at radius 3 is 1.71 bits per heavy atom. The Hall–Kier alpha value is -0.260. The third kappa shape index (κ3) is 2.72. The maximum atomic E-state index is 2.65. The van der Waals surface area contributed by atoms with Gasteiger partial charge in [0.15, 0.2) is 0 Å². The van der Waals surface area contributed by atoms with Crippen molar-refractivity contribution in [3.63, 3.8) is 0 Å². The Bertz CT molecular complexity index is 782. The second-order valence-corrected chi connectivity index (χ2v) is 15.7. The molecule has 0 aromatic rings. The van der Waals surface area contributed by atoms with E-state index in [0.717, 1.165) is 11.8 Å². The summed E-state index contributed by atoms with van der Waals surface area (Å²) in [6, 6.07) is 0. The summed E-state index contributed by atoms with van der Waals surface area (Å²) >= 11 is 0. The average Bonchev–Trinajstić information content (AvgIpc) is 3.34. The van der Waals surface area contributed by atoms with E-state index >= 15 is 0 Å². The standard InChI is InChI=1S/C31H54/c1-21-22(2)29(25(5,6)7)16-15-28(21,19-29)14-13-27(11,12)31-18-17-30(20-31,26(8,9)10)23(3)24(31)4/h21-22H,13-20H2,1-12H3. The van der Waals surface area contributed by atoms with Crippen LogP contribution in [0.1, 0.15) is 134 Å². The summed E-state index contributed by atoms with van der Waals surface area (Å²) in [6.07, 6.45) is 11.6. The molecule has 6 atom stereocenters. The van der Waals surface area contributed by atoms with E-state index in [2.05, 4.69) is 83.1 Å². The van der Waals surface area contributed by atoms with Gasteiger partial charge < -0.3 is 0 Å². The smallest absolute Gasteiger partial charge is 0.00281 e. The van der Waals surface area contributed by atoms with Gasteiger partial charge in [0.1, 0.15) is 0 Å². The summed E-state index contributed by atoms with van der Waals surface area (Å²) in [7, 11) is 0. The first kappa shape index (κ1) is 23.9. The molecule has 6 unspecified atom stereocenters. The van der Waals surface area contributed by atoms with Crippen LogP contribution in [-0.4, -0.2) is 0 Å². The lowest BCUT2D eigenvalue weighted by atomic mass is 9.56. The van der Waals surface area contributed by atoms with Gasteiger partial charge in [-0.3, -0.25) is 0 Å². The van der Waals surface area contributed by atoms with Crippen LogP contribution in [0.15, 0.2) is 11.1 Å². The lowest BCUT2D eigenvalue weighted by Crippen LogP contribution is -2.40. The van der Waals surface area contributed by atoms with Crippen LogP contribution in [0, 0.1) is 49.7 Å². The van der Waals surface area contributed by atoms with E-state index in [-0.39, 0.29) is 0 Å². The molecule has 4 bridgehead atoms. The molecule has 4 rings (SSSR count). The van der Waals surface area contributed by atoms with Crippen molar-refractivity contribution in [1.29, 1.82) is 0 Å². The fraction of sp³-hybridized carbons (Fsp3) is 0.935. The number of hydrogen-bond acceptors (Lipinski definition) is 0. The molecule has 4 aliphatic rings. The molecule has 0 N–H and O–H groups in total. The monoisotopic (exact) mass is 426 g/mol.